The lowest BCUT2D eigenvalue weighted by Gasteiger charge is -2.05. The molecule has 0 saturated carbocycles. The van der Waals surface area contributed by atoms with Gasteiger partial charge >= 0.3 is 0 Å². The molecule has 0 aliphatic heterocycles. The molecule has 100 valence electrons. The molecule has 2 N–H and O–H groups in total. The second-order valence-corrected chi connectivity index (χ2v) is 4.15. The normalized spacial score (nSPS) is 10.3. The summed E-state index contributed by atoms with van der Waals surface area (Å²) in [6.07, 6.45) is 4.07. The molecule has 0 spiro atoms. The van der Waals surface area contributed by atoms with Crippen LogP contribution in [0.5, 0.6) is 0 Å². The maximum absolute atomic E-state index is 12.2. The summed E-state index contributed by atoms with van der Waals surface area (Å²) >= 11 is 0. The van der Waals surface area contributed by atoms with Crippen LogP contribution in [0.3, 0.4) is 0 Å². The van der Waals surface area contributed by atoms with Crippen LogP contribution in [0, 0.1) is 0 Å². The molecule has 0 fully saturated rings. The molecular formula is C13H17N5O. The second-order valence-electron chi connectivity index (χ2n) is 4.15. The molecule has 6 nitrogen and oxygen atoms in total. The average Bonchev–Trinajstić information content (AvgIpc) is 2.81. The van der Waals surface area contributed by atoms with Gasteiger partial charge in [-0.3, -0.25) is 9.48 Å². The minimum absolute atomic E-state index is 0.163. The first kappa shape index (κ1) is 13.1. The van der Waals surface area contributed by atoms with E-state index in [1.807, 2.05) is 6.92 Å². The molecule has 0 aliphatic rings. The third-order valence-electron chi connectivity index (χ3n) is 2.76. The highest BCUT2D eigenvalue weighted by atomic mass is 16.1. The summed E-state index contributed by atoms with van der Waals surface area (Å²) < 4.78 is 1.65. The zero-order chi connectivity index (χ0) is 13.8. The molecule has 0 bridgehead atoms. The highest BCUT2D eigenvalue weighted by Crippen LogP contribution is 2.13. The van der Waals surface area contributed by atoms with Crippen molar-refractivity contribution < 1.29 is 4.79 Å². The summed E-state index contributed by atoms with van der Waals surface area (Å²) in [6.45, 7) is 1.97. The molecule has 2 heterocycles. The molecule has 2 aromatic heterocycles. The Morgan fingerprint density at radius 1 is 1.42 bits per heavy atom. The number of hydrogen-bond acceptors (Lipinski definition) is 4. The van der Waals surface area contributed by atoms with Crippen LogP contribution in [-0.2, 0) is 13.5 Å². The maximum Gasteiger partial charge on any atom is 0.259 e. The summed E-state index contributed by atoms with van der Waals surface area (Å²) in [4.78, 5) is 16.3. The van der Waals surface area contributed by atoms with Crippen LogP contribution in [-0.4, -0.2) is 27.7 Å². The Morgan fingerprint density at radius 2 is 2.21 bits per heavy atom. The second kappa shape index (κ2) is 5.51. The van der Waals surface area contributed by atoms with E-state index in [0.29, 0.717) is 11.3 Å². The van der Waals surface area contributed by atoms with Crippen molar-refractivity contribution in [2.45, 2.75) is 13.3 Å². The van der Waals surface area contributed by atoms with Crippen molar-refractivity contribution in [3.63, 3.8) is 0 Å². The van der Waals surface area contributed by atoms with Gasteiger partial charge < -0.3 is 10.6 Å². The first-order chi connectivity index (χ1) is 9.13. The van der Waals surface area contributed by atoms with Crippen LogP contribution in [0.25, 0.3) is 0 Å². The van der Waals surface area contributed by atoms with E-state index >= 15 is 0 Å². The Kier molecular flexibility index (Phi) is 3.79. The number of hydrogen-bond donors (Lipinski definition) is 2. The number of nitrogens with one attached hydrogen (secondary N) is 2. The Labute approximate surface area is 111 Å². The smallest absolute Gasteiger partial charge is 0.259 e. The van der Waals surface area contributed by atoms with Crippen LogP contribution in [0.4, 0.5) is 11.5 Å². The highest BCUT2D eigenvalue weighted by Gasteiger charge is 2.14. The van der Waals surface area contributed by atoms with E-state index in [1.165, 1.54) is 0 Å². The number of anilines is 2. The average molecular weight is 259 g/mol. The lowest BCUT2D eigenvalue weighted by molar-refractivity contribution is 0.102. The number of carbonyl (C=O) groups is 1. The van der Waals surface area contributed by atoms with Crippen LogP contribution in [0.2, 0.25) is 0 Å². The predicted molar refractivity (Wildman–Crippen MR) is 74.3 cm³/mol. The van der Waals surface area contributed by atoms with Crippen molar-refractivity contribution in [1.29, 1.82) is 0 Å². The van der Waals surface area contributed by atoms with Crippen LogP contribution in [0.15, 0.2) is 24.5 Å². The van der Waals surface area contributed by atoms with Crippen molar-refractivity contribution >= 4 is 17.4 Å². The molecule has 6 heteroatoms. The van der Waals surface area contributed by atoms with Crippen molar-refractivity contribution in [1.82, 2.24) is 14.8 Å². The van der Waals surface area contributed by atoms with Crippen molar-refractivity contribution in [2.75, 3.05) is 17.7 Å². The molecule has 19 heavy (non-hydrogen) atoms. The number of aromatic nitrogens is 3. The van der Waals surface area contributed by atoms with Gasteiger partial charge in [0.05, 0.1) is 23.1 Å². The molecule has 2 aromatic rings. The Morgan fingerprint density at radius 3 is 2.79 bits per heavy atom. The lowest BCUT2D eigenvalue weighted by atomic mass is 10.2. The fourth-order valence-electron chi connectivity index (χ4n) is 1.80. The van der Waals surface area contributed by atoms with Gasteiger partial charge in [0.15, 0.2) is 0 Å². The fourth-order valence-corrected chi connectivity index (χ4v) is 1.80. The van der Waals surface area contributed by atoms with Gasteiger partial charge in [0.25, 0.3) is 5.91 Å². The first-order valence-corrected chi connectivity index (χ1v) is 6.11. The number of nitrogens with zero attached hydrogens (tertiary/aromatic N) is 3. The zero-order valence-corrected chi connectivity index (χ0v) is 11.3. The summed E-state index contributed by atoms with van der Waals surface area (Å²) in [6, 6.07) is 3.61. The quantitative estimate of drug-likeness (QED) is 0.876. The molecule has 0 aliphatic carbocycles. The summed E-state index contributed by atoms with van der Waals surface area (Å²) in [5, 5.41) is 9.99. The fraction of sp³-hybridized carbons (Fsp3) is 0.308. The van der Waals surface area contributed by atoms with Gasteiger partial charge in [0.1, 0.15) is 5.82 Å². The lowest BCUT2D eigenvalue weighted by Crippen LogP contribution is -2.13. The monoisotopic (exact) mass is 259 g/mol. The van der Waals surface area contributed by atoms with Gasteiger partial charge in [0.2, 0.25) is 0 Å². The molecular weight excluding hydrogens is 242 g/mol. The number of carbonyl (C=O) groups excluding carboxylic acids is 1. The maximum atomic E-state index is 12.2. The Bertz CT molecular complexity index is 573. The van der Waals surface area contributed by atoms with Gasteiger partial charge in [-0.1, -0.05) is 6.92 Å². The summed E-state index contributed by atoms with van der Waals surface area (Å²) in [5.74, 6) is 0.595. The van der Waals surface area contributed by atoms with E-state index in [2.05, 4.69) is 20.7 Å². The third kappa shape index (κ3) is 2.90. The van der Waals surface area contributed by atoms with E-state index < -0.39 is 0 Å². The Balaban J connectivity index is 2.15. The molecule has 1 amide bonds. The molecule has 0 aromatic carbocycles. The van der Waals surface area contributed by atoms with Crippen LogP contribution >= 0.6 is 0 Å². The van der Waals surface area contributed by atoms with E-state index in [-0.39, 0.29) is 5.91 Å². The van der Waals surface area contributed by atoms with Gasteiger partial charge in [-0.05, 0) is 18.6 Å². The number of rotatable bonds is 4. The van der Waals surface area contributed by atoms with Crippen molar-refractivity contribution in [3.8, 4) is 0 Å². The topological polar surface area (TPSA) is 71.8 Å². The van der Waals surface area contributed by atoms with Gasteiger partial charge in [-0.2, -0.15) is 5.10 Å². The molecule has 0 unspecified atom stereocenters. The summed E-state index contributed by atoms with van der Waals surface area (Å²) in [5.41, 5.74) is 2.05. The summed E-state index contributed by atoms with van der Waals surface area (Å²) in [7, 11) is 3.60. The highest BCUT2D eigenvalue weighted by molar-refractivity contribution is 6.04. The number of amides is 1. The third-order valence-corrected chi connectivity index (χ3v) is 2.76. The first-order valence-electron chi connectivity index (χ1n) is 6.11. The molecule has 0 saturated heterocycles. The minimum Gasteiger partial charge on any atom is -0.373 e. The van der Waals surface area contributed by atoms with E-state index in [1.54, 1.807) is 43.3 Å². The molecule has 2 rings (SSSR count). The van der Waals surface area contributed by atoms with Crippen molar-refractivity contribution in [3.05, 3.63) is 35.8 Å². The van der Waals surface area contributed by atoms with Crippen LogP contribution in [0.1, 0.15) is 23.0 Å². The number of aryl methyl sites for hydroxylation is 2. The van der Waals surface area contributed by atoms with E-state index in [0.717, 1.165) is 17.9 Å². The molecule has 0 atom stereocenters. The zero-order valence-electron chi connectivity index (χ0n) is 11.3. The van der Waals surface area contributed by atoms with E-state index in [4.69, 9.17) is 0 Å². The SMILES string of the molecule is CCc1nn(C)cc1C(=O)Nc1ccc(NC)nc1. The minimum atomic E-state index is -0.163. The van der Waals surface area contributed by atoms with Gasteiger partial charge in [0, 0.05) is 20.3 Å². The number of pyridine rings is 1. The molecule has 0 radical (unpaired) electrons. The van der Waals surface area contributed by atoms with E-state index in [9.17, 15) is 4.79 Å². The van der Waals surface area contributed by atoms with Gasteiger partial charge in [-0.25, -0.2) is 4.98 Å². The van der Waals surface area contributed by atoms with Crippen LogP contribution < -0.4 is 10.6 Å². The Hall–Kier alpha value is -2.37. The standard InChI is InChI=1S/C13H17N5O/c1-4-11-10(8-18(3)17-11)13(19)16-9-5-6-12(14-2)15-7-9/h5-8H,4H2,1-3H3,(H,14,15)(H,16,19). The van der Waals surface area contributed by atoms with Gasteiger partial charge in [-0.15, -0.1) is 0 Å². The predicted octanol–water partition coefficient (Wildman–Crippen LogP) is 1.67. The van der Waals surface area contributed by atoms with Crippen molar-refractivity contribution in [2.24, 2.45) is 7.05 Å². The largest absolute Gasteiger partial charge is 0.373 e.